The molecular formula is C20H20BrClN2O3. The first-order valence-electron chi connectivity index (χ1n) is 8.61. The molecule has 0 aliphatic carbocycles. The van der Waals surface area contributed by atoms with E-state index >= 15 is 0 Å². The maximum Gasteiger partial charge on any atom is 0.323 e. The number of nitrogens with zero attached hydrogens (tertiary/aromatic N) is 2. The van der Waals surface area contributed by atoms with Crippen LogP contribution in [-0.2, 0) is 17.6 Å². The van der Waals surface area contributed by atoms with Crippen LogP contribution in [0.4, 0.5) is 0 Å². The number of halogens is 2. The molecular weight excluding hydrogens is 432 g/mol. The number of aliphatic carboxylic acids is 1. The molecule has 1 heterocycles. The van der Waals surface area contributed by atoms with Crippen LogP contribution in [0.2, 0.25) is 5.02 Å². The van der Waals surface area contributed by atoms with E-state index in [-0.39, 0.29) is 6.54 Å². The summed E-state index contributed by atoms with van der Waals surface area (Å²) >= 11 is 10.0. The number of carbonyl (C=O) groups is 1. The third kappa shape index (κ3) is 4.62. The lowest BCUT2D eigenvalue weighted by molar-refractivity contribution is -0.137. The standard InChI is InChI=1S/C20H20BrClN2O3/c1-27-18-8-6-14(21)11-13(18)5-7-15-16(3-2-4-17(15)22)20-23-9-10-24(20)12-19(25)26/h2-4,6,8,11H,5,7,9-10,12H2,1H3,(H,25,26). The van der Waals surface area contributed by atoms with E-state index in [9.17, 15) is 4.79 Å². The normalized spacial score (nSPS) is 13.6. The molecule has 0 radical (unpaired) electrons. The van der Waals surface area contributed by atoms with Crippen molar-refractivity contribution in [3.63, 3.8) is 0 Å². The quantitative estimate of drug-likeness (QED) is 0.690. The molecule has 1 N–H and O–H groups in total. The van der Waals surface area contributed by atoms with E-state index < -0.39 is 5.97 Å². The number of carboxylic acid groups (broad SMARTS) is 1. The van der Waals surface area contributed by atoms with Crippen LogP contribution in [0.15, 0.2) is 45.9 Å². The van der Waals surface area contributed by atoms with E-state index in [4.69, 9.17) is 21.4 Å². The summed E-state index contributed by atoms with van der Waals surface area (Å²) in [4.78, 5) is 17.5. The number of methoxy groups -OCH3 is 1. The summed E-state index contributed by atoms with van der Waals surface area (Å²) in [5, 5.41) is 9.82. The predicted molar refractivity (Wildman–Crippen MR) is 110 cm³/mol. The molecule has 27 heavy (non-hydrogen) atoms. The van der Waals surface area contributed by atoms with Crippen molar-refractivity contribution in [3.05, 3.63) is 62.6 Å². The molecule has 1 aliphatic rings. The van der Waals surface area contributed by atoms with Crippen LogP contribution >= 0.6 is 27.5 Å². The molecule has 0 saturated heterocycles. The van der Waals surface area contributed by atoms with E-state index in [2.05, 4.69) is 20.9 Å². The number of ether oxygens (including phenoxy) is 1. The number of hydrogen-bond acceptors (Lipinski definition) is 4. The van der Waals surface area contributed by atoms with Crippen molar-refractivity contribution in [1.29, 1.82) is 0 Å². The molecule has 2 aromatic carbocycles. The summed E-state index contributed by atoms with van der Waals surface area (Å²) in [6.45, 7) is 1.13. The van der Waals surface area contributed by atoms with Crippen LogP contribution in [0.25, 0.3) is 0 Å². The van der Waals surface area contributed by atoms with Gasteiger partial charge in [-0.2, -0.15) is 0 Å². The van der Waals surface area contributed by atoms with Gasteiger partial charge in [-0.1, -0.05) is 39.7 Å². The third-order valence-corrected chi connectivity index (χ3v) is 5.35. The zero-order valence-electron chi connectivity index (χ0n) is 14.9. The Balaban J connectivity index is 1.89. The first-order valence-corrected chi connectivity index (χ1v) is 9.78. The topological polar surface area (TPSA) is 62.1 Å². The summed E-state index contributed by atoms with van der Waals surface area (Å²) in [5.74, 6) is 0.667. The van der Waals surface area contributed by atoms with Crippen molar-refractivity contribution in [2.45, 2.75) is 12.8 Å². The molecule has 2 aromatic rings. The highest BCUT2D eigenvalue weighted by Gasteiger charge is 2.23. The van der Waals surface area contributed by atoms with Crippen LogP contribution < -0.4 is 4.74 Å². The Kier molecular flexibility index (Phi) is 6.39. The van der Waals surface area contributed by atoms with Gasteiger partial charge in [-0.25, -0.2) is 0 Å². The second-order valence-corrected chi connectivity index (χ2v) is 7.57. The van der Waals surface area contributed by atoms with Crippen LogP contribution in [0, 0.1) is 0 Å². The zero-order valence-corrected chi connectivity index (χ0v) is 17.3. The van der Waals surface area contributed by atoms with Crippen LogP contribution in [0.3, 0.4) is 0 Å². The second kappa shape index (κ2) is 8.76. The summed E-state index contributed by atoms with van der Waals surface area (Å²) < 4.78 is 6.45. The first-order chi connectivity index (χ1) is 13.0. The molecule has 0 bridgehead atoms. The highest BCUT2D eigenvalue weighted by atomic mass is 79.9. The minimum Gasteiger partial charge on any atom is -0.496 e. The number of amidine groups is 1. The Labute approximate surface area is 171 Å². The largest absolute Gasteiger partial charge is 0.496 e. The number of aliphatic imine (C=N–C) groups is 1. The summed E-state index contributed by atoms with van der Waals surface area (Å²) in [6, 6.07) is 11.6. The fourth-order valence-corrected chi connectivity index (χ4v) is 3.96. The Morgan fingerprint density at radius 1 is 1.33 bits per heavy atom. The van der Waals surface area contributed by atoms with E-state index in [1.54, 1.807) is 12.0 Å². The Hall–Kier alpha value is -2.05. The third-order valence-electron chi connectivity index (χ3n) is 4.50. The van der Waals surface area contributed by atoms with Gasteiger partial charge in [-0.3, -0.25) is 9.79 Å². The molecule has 0 saturated carbocycles. The molecule has 5 nitrogen and oxygen atoms in total. The van der Waals surface area contributed by atoms with Gasteiger partial charge in [-0.15, -0.1) is 0 Å². The number of carboxylic acids is 1. The minimum atomic E-state index is -0.868. The number of rotatable bonds is 7. The number of benzene rings is 2. The lowest BCUT2D eigenvalue weighted by Crippen LogP contribution is -2.34. The maximum absolute atomic E-state index is 11.2. The molecule has 142 valence electrons. The molecule has 7 heteroatoms. The Morgan fingerprint density at radius 2 is 2.15 bits per heavy atom. The predicted octanol–water partition coefficient (Wildman–Crippen LogP) is 4.04. The molecule has 0 atom stereocenters. The number of hydrogen-bond donors (Lipinski definition) is 1. The lowest BCUT2D eigenvalue weighted by Gasteiger charge is -2.21. The van der Waals surface area contributed by atoms with E-state index in [0.29, 0.717) is 30.4 Å². The highest BCUT2D eigenvalue weighted by molar-refractivity contribution is 9.10. The van der Waals surface area contributed by atoms with Gasteiger partial charge in [0.05, 0.1) is 13.7 Å². The smallest absolute Gasteiger partial charge is 0.323 e. The molecule has 0 amide bonds. The first kappa shape index (κ1) is 19.7. The average Bonchev–Trinajstić information content (AvgIpc) is 3.07. The lowest BCUT2D eigenvalue weighted by atomic mass is 9.98. The average molecular weight is 452 g/mol. The highest BCUT2D eigenvalue weighted by Crippen LogP contribution is 2.28. The monoisotopic (exact) mass is 450 g/mol. The molecule has 0 fully saturated rings. The molecule has 0 spiro atoms. The number of aryl methyl sites for hydroxylation is 1. The Morgan fingerprint density at radius 3 is 2.89 bits per heavy atom. The van der Waals surface area contributed by atoms with Crippen LogP contribution in [-0.4, -0.2) is 48.6 Å². The Bertz CT molecular complexity index is 886. The van der Waals surface area contributed by atoms with Gasteiger partial charge in [0.1, 0.15) is 18.1 Å². The fourth-order valence-electron chi connectivity index (χ4n) is 3.28. The van der Waals surface area contributed by atoms with Crippen molar-refractivity contribution >= 4 is 39.3 Å². The van der Waals surface area contributed by atoms with Gasteiger partial charge in [0.15, 0.2) is 0 Å². The van der Waals surface area contributed by atoms with Crippen LogP contribution in [0.5, 0.6) is 5.75 Å². The molecule has 0 aromatic heterocycles. The van der Waals surface area contributed by atoms with Gasteiger partial charge >= 0.3 is 5.97 Å². The molecule has 3 rings (SSSR count). The van der Waals surface area contributed by atoms with E-state index in [1.165, 1.54) is 0 Å². The van der Waals surface area contributed by atoms with Crippen molar-refractivity contribution in [3.8, 4) is 5.75 Å². The van der Waals surface area contributed by atoms with Crippen molar-refractivity contribution < 1.29 is 14.6 Å². The van der Waals surface area contributed by atoms with E-state index in [1.807, 2.05) is 36.4 Å². The van der Waals surface area contributed by atoms with Crippen molar-refractivity contribution in [2.24, 2.45) is 4.99 Å². The van der Waals surface area contributed by atoms with Gasteiger partial charge in [0.2, 0.25) is 0 Å². The van der Waals surface area contributed by atoms with Gasteiger partial charge in [0, 0.05) is 21.6 Å². The van der Waals surface area contributed by atoms with Gasteiger partial charge < -0.3 is 14.7 Å². The van der Waals surface area contributed by atoms with Gasteiger partial charge in [0.25, 0.3) is 0 Å². The maximum atomic E-state index is 11.2. The molecule has 0 unspecified atom stereocenters. The summed E-state index contributed by atoms with van der Waals surface area (Å²) in [7, 11) is 1.66. The van der Waals surface area contributed by atoms with E-state index in [0.717, 1.165) is 33.3 Å². The summed E-state index contributed by atoms with van der Waals surface area (Å²) in [5.41, 5.74) is 2.95. The second-order valence-electron chi connectivity index (χ2n) is 6.24. The SMILES string of the molecule is COc1ccc(Br)cc1CCc1c(Cl)cccc1C1=NCCN1CC(=O)O. The van der Waals surface area contributed by atoms with Crippen LogP contribution in [0.1, 0.15) is 16.7 Å². The van der Waals surface area contributed by atoms with Crippen molar-refractivity contribution in [2.75, 3.05) is 26.7 Å². The molecule has 1 aliphatic heterocycles. The van der Waals surface area contributed by atoms with Gasteiger partial charge in [-0.05, 0) is 48.2 Å². The van der Waals surface area contributed by atoms with Crippen molar-refractivity contribution in [1.82, 2.24) is 4.90 Å². The zero-order chi connectivity index (χ0) is 19.4. The minimum absolute atomic E-state index is 0.0652. The fraction of sp³-hybridized carbons (Fsp3) is 0.300. The summed E-state index contributed by atoms with van der Waals surface area (Å²) in [6.07, 6.45) is 1.44.